The van der Waals surface area contributed by atoms with Gasteiger partial charge in [-0.1, -0.05) is 13.8 Å². The molecule has 0 spiro atoms. The summed E-state index contributed by atoms with van der Waals surface area (Å²) in [4.78, 5) is 0.0971. The molecule has 0 aliphatic rings. The van der Waals surface area contributed by atoms with Gasteiger partial charge in [0.1, 0.15) is 0 Å². The fraction of sp³-hybridized carbons (Fsp3) is 0.538. The standard InChI is InChI=1S/C13H22N2O3S/c1-9-5-11(19(14,17)18)6-12(10(9)2)15-7-13(3,4)8-16/h5-6,15-16H,7-8H2,1-4H3,(H2,14,17,18). The Balaban J connectivity index is 3.11. The maximum atomic E-state index is 11.4. The van der Waals surface area contributed by atoms with Gasteiger partial charge in [-0.3, -0.25) is 0 Å². The van der Waals surface area contributed by atoms with Gasteiger partial charge >= 0.3 is 0 Å². The number of hydrogen-bond acceptors (Lipinski definition) is 4. The number of sulfonamides is 1. The SMILES string of the molecule is Cc1cc(S(N)(=O)=O)cc(NCC(C)(C)CO)c1C. The summed E-state index contributed by atoms with van der Waals surface area (Å²) >= 11 is 0. The van der Waals surface area contributed by atoms with Crippen molar-refractivity contribution in [2.24, 2.45) is 10.6 Å². The van der Waals surface area contributed by atoms with E-state index in [9.17, 15) is 13.5 Å². The van der Waals surface area contributed by atoms with Crippen LogP contribution in [0.4, 0.5) is 5.69 Å². The zero-order valence-electron chi connectivity index (χ0n) is 11.8. The van der Waals surface area contributed by atoms with Gasteiger partial charge in [-0.25, -0.2) is 13.6 Å². The lowest BCUT2D eigenvalue weighted by atomic mass is 9.94. The summed E-state index contributed by atoms with van der Waals surface area (Å²) in [5, 5.41) is 17.6. The molecule has 1 rings (SSSR count). The van der Waals surface area contributed by atoms with Crippen LogP contribution in [0.3, 0.4) is 0 Å². The topological polar surface area (TPSA) is 92.4 Å². The Kier molecular flexibility index (Phi) is 4.60. The summed E-state index contributed by atoms with van der Waals surface area (Å²) in [5.74, 6) is 0. The van der Waals surface area contributed by atoms with Gasteiger partial charge in [0.15, 0.2) is 0 Å². The van der Waals surface area contributed by atoms with E-state index >= 15 is 0 Å². The van der Waals surface area contributed by atoms with E-state index < -0.39 is 10.0 Å². The highest BCUT2D eigenvalue weighted by Gasteiger charge is 2.18. The molecule has 0 bridgehead atoms. The third-order valence-electron chi connectivity index (χ3n) is 3.15. The average molecular weight is 286 g/mol. The molecule has 0 radical (unpaired) electrons. The first-order valence-corrected chi connectivity index (χ1v) is 7.60. The number of aliphatic hydroxyl groups is 1. The van der Waals surface area contributed by atoms with Crippen molar-refractivity contribution < 1.29 is 13.5 Å². The molecule has 0 amide bonds. The number of nitrogens with two attached hydrogens (primary N) is 1. The average Bonchev–Trinajstić information content (AvgIpc) is 2.29. The monoisotopic (exact) mass is 286 g/mol. The largest absolute Gasteiger partial charge is 0.396 e. The predicted molar refractivity (Wildman–Crippen MR) is 76.6 cm³/mol. The summed E-state index contributed by atoms with van der Waals surface area (Å²) < 4.78 is 22.8. The van der Waals surface area contributed by atoms with Gasteiger partial charge in [0.2, 0.25) is 10.0 Å². The number of aliphatic hydroxyl groups excluding tert-OH is 1. The lowest BCUT2D eigenvalue weighted by Crippen LogP contribution is -2.27. The molecule has 19 heavy (non-hydrogen) atoms. The van der Waals surface area contributed by atoms with Gasteiger partial charge in [0.25, 0.3) is 0 Å². The Morgan fingerprint density at radius 2 is 1.89 bits per heavy atom. The molecule has 6 heteroatoms. The number of hydrogen-bond donors (Lipinski definition) is 3. The Morgan fingerprint density at radius 1 is 1.32 bits per heavy atom. The van der Waals surface area contributed by atoms with Crippen LogP contribution >= 0.6 is 0 Å². The molecule has 4 N–H and O–H groups in total. The predicted octanol–water partition coefficient (Wildman–Crippen LogP) is 1.38. The molecule has 0 aliphatic carbocycles. The lowest BCUT2D eigenvalue weighted by molar-refractivity contribution is 0.171. The summed E-state index contributed by atoms with van der Waals surface area (Å²) in [5.41, 5.74) is 2.28. The molecule has 1 aromatic rings. The molecular weight excluding hydrogens is 264 g/mol. The number of rotatable bonds is 5. The zero-order valence-corrected chi connectivity index (χ0v) is 12.6. The number of primary sulfonamides is 1. The van der Waals surface area contributed by atoms with E-state index in [1.165, 1.54) is 6.07 Å². The maximum absolute atomic E-state index is 11.4. The third kappa shape index (κ3) is 4.19. The molecule has 108 valence electrons. The molecule has 0 unspecified atom stereocenters. The molecule has 0 atom stereocenters. The first-order valence-electron chi connectivity index (χ1n) is 6.05. The van der Waals surface area contributed by atoms with E-state index in [1.807, 2.05) is 27.7 Å². The second-order valence-corrected chi connectivity index (χ2v) is 7.20. The van der Waals surface area contributed by atoms with Gasteiger partial charge in [0, 0.05) is 24.3 Å². The highest BCUT2D eigenvalue weighted by Crippen LogP contribution is 2.25. The second-order valence-electron chi connectivity index (χ2n) is 5.63. The fourth-order valence-corrected chi connectivity index (χ4v) is 2.19. The normalized spacial score (nSPS) is 12.5. The zero-order chi connectivity index (χ0) is 14.8. The number of benzene rings is 1. The van der Waals surface area contributed by atoms with Gasteiger partial charge in [-0.15, -0.1) is 0 Å². The molecule has 0 heterocycles. The van der Waals surface area contributed by atoms with E-state index in [4.69, 9.17) is 5.14 Å². The quantitative estimate of drug-likeness (QED) is 0.762. The molecular formula is C13H22N2O3S. The molecule has 0 aliphatic heterocycles. The van der Waals surface area contributed by atoms with Gasteiger partial charge < -0.3 is 10.4 Å². The highest BCUT2D eigenvalue weighted by molar-refractivity contribution is 7.89. The van der Waals surface area contributed by atoms with E-state index in [0.29, 0.717) is 6.54 Å². The first kappa shape index (κ1) is 15.9. The van der Waals surface area contributed by atoms with Crippen molar-refractivity contribution in [3.05, 3.63) is 23.3 Å². The molecule has 0 aromatic heterocycles. The van der Waals surface area contributed by atoms with Crippen LogP contribution in [-0.4, -0.2) is 26.7 Å². The highest BCUT2D eigenvalue weighted by atomic mass is 32.2. The van der Waals surface area contributed by atoms with Gasteiger partial charge in [0.05, 0.1) is 4.90 Å². The Morgan fingerprint density at radius 3 is 2.37 bits per heavy atom. The van der Waals surface area contributed by atoms with Gasteiger partial charge in [-0.2, -0.15) is 0 Å². The van der Waals surface area contributed by atoms with Crippen molar-refractivity contribution in [1.29, 1.82) is 0 Å². The Labute approximate surface area is 114 Å². The summed E-state index contributed by atoms with van der Waals surface area (Å²) in [6.07, 6.45) is 0. The van der Waals surface area contributed by atoms with Crippen LogP contribution in [-0.2, 0) is 10.0 Å². The minimum atomic E-state index is -3.71. The maximum Gasteiger partial charge on any atom is 0.238 e. The van der Waals surface area contributed by atoms with E-state index in [0.717, 1.165) is 16.8 Å². The fourth-order valence-electron chi connectivity index (χ4n) is 1.56. The molecule has 5 nitrogen and oxygen atoms in total. The van der Waals surface area contributed by atoms with Crippen LogP contribution in [0.1, 0.15) is 25.0 Å². The van der Waals surface area contributed by atoms with E-state index in [-0.39, 0.29) is 16.9 Å². The van der Waals surface area contributed by atoms with E-state index in [1.54, 1.807) is 6.07 Å². The van der Waals surface area contributed by atoms with Crippen molar-refractivity contribution in [2.45, 2.75) is 32.6 Å². The number of anilines is 1. The van der Waals surface area contributed by atoms with Crippen molar-refractivity contribution in [1.82, 2.24) is 0 Å². The first-order chi connectivity index (χ1) is 8.57. The molecule has 0 saturated carbocycles. The van der Waals surface area contributed by atoms with Crippen molar-refractivity contribution in [3.8, 4) is 0 Å². The summed E-state index contributed by atoms with van der Waals surface area (Å²) in [6.45, 7) is 8.19. The van der Waals surface area contributed by atoms with Crippen molar-refractivity contribution in [2.75, 3.05) is 18.5 Å². The van der Waals surface area contributed by atoms with Crippen LogP contribution in [0.2, 0.25) is 0 Å². The second kappa shape index (κ2) is 5.48. The van der Waals surface area contributed by atoms with Crippen LogP contribution in [0.25, 0.3) is 0 Å². The van der Waals surface area contributed by atoms with Crippen LogP contribution in [0, 0.1) is 19.3 Å². The molecule has 1 aromatic carbocycles. The van der Waals surface area contributed by atoms with Crippen molar-refractivity contribution in [3.63, 3.8) is 0 Å². The van der Waals surface area contributed by atoms with Crippen molar-refractivity contribution >= 4 is 15.7 Å². The Bertz CT molecular complexity index is 565. The third-order valence-corrected chi connectivity index (χ3v) is 4.05. The molecule has 0 fully saturated rings. The lowest BCUT2D eigenvalue weighted by Gasteiger charge is -2.24. The Hall–Kier alpha value is -1.11. The van der Waals surface area contributed by atoms with Crippen LogP contribution in [0.5, 0.6) is 0 Å². The van der Waals surface area contributed by atoms with Gasteiger partial charge in [-0.05, 0) is 37.1 Å². The van der Waals surface area contributed by atoms with Crippen LogP contribution in [0.15, 0.2) is 17.0 Å². The summed E-state index contributed by atoms with van der Waals surface area (Å²) in [7, 11) is -3.71. The smallest absolute Gasteiger partial charge is 0.238 e. The summed E-state index contributed by atoms with van der Waals surface area (Å²) in [6, 6.07) is 3.10. The van der Waals surface area contributed by atoms with Crippen LogP contribution < -0.4 is 10.5 Å². The molecule has 0 saturated heterocycles. The minimum Gasteiger partial charge on any atom is -0.396 e. The number of aryl methyl sites for hydroxylation is 1. The number of nitrogens with one attached hydrogen (secondary N) is 1. The minimum absolute atomic E-state index is 0.0485. The van der Waals surface area contributed by atoms with E-state index in [2.05, 4.69) is 5.32 Å².